The fourth-order valence-corrected chi connectivity index (χ4v) is 5.58. The Morgan fingerprint density at radius 2 is 1.23 bits per heavy atom. The highest BCUT2D eigenvalue weighted by atomic mass is 16.6. The number of non-ortho nitro benzene ring substituents is 2. The minimum Gasteiger partial charge on any atom is -0.258 e. The molecule has 4 fully saturated rings. The van der Waals surface area contributed by atoms with E-state index in [1.807, 2.05) is 0 Å². The van der Waals surface area contributed by atoms with E-state index in [2.05, 4.69) is 0 Å². The van der Waals surface area contributed by atoms with Crippen molar-refractivity contribution < 1.29 is 9.85 Å². The SMILES string of the molecule is O=[N+]([O-])c1cc([N+](=O)[O-])cc(C23CC4CC(CC(C4)C2)C3)c1. The first-order valence-electron chi connectivity index (χ1n) is 7.89. The minimum atomic E-state index is -0.517. The number of hydrogen-bond donors (Lipinski definition) is 0. The van der Waals surface area contributed by atoms with Gasteiger partial charge in [0, 0.05) is 12.1 Å². The Hall–Kier alpha value is -1.98. The Labute approximate surface area is 127 Å². The van der Waals surface area contributed by atoms with Crippen LogP contribution in [0.25, 0.3) is 0 Å². The van der Waals surface area contributed by atoms with Crippen LogP contribution in [0.15, 0.2) is 18.2 Å². The number of hydrogen-bond acceptors (Lipinski definition) is 4. The monoisotopic (exact) mass is 302 g/mol. The van der Waals surface area contributed by atoms with Gasteiger partial charge in [0.15, 0.2) is 0 Å². The van der Waals surface area contributed by atoms with Crippen LogP contribution in [0.3, 0.4) is 0 Å². The first-order valence-corrected chi connectivity index (χ1v) is 7.89. The maximum absolute atomic E-state index is 11.1. The van der Waals surface area contributed by atoms with Gasteiger partial charge < -0.3 is 0 Å². The summed E-state index contributed by atoms with van der Waals surface area (Å²) in [6, 6.07) is 4.24. The first kappa shape index (κ1) is 13.7. The van der Waals surface area contributed by atoms with Gasteiger partial charge >= 0.3 is 0 Å². The van der Waals surface area contributed by atoms with Crippen LogP contribution in [0.2, 0.25) is 0 Å². The average molecular weight is 302 g/mol. The van der Waals surface area contributed by atoms with Gasteiger partial charge in [-0.25, -0.2) is 0 Å². The van der Waals surface area contributed by atoms with Gasteiger partial charge in [0.2, 0.25) is 0 Å². The predicted molar refractivity (Wildman–Crippen MR) is 79.6 cm³/mol. The first-order chi connectivity index (χ1) is 10.4. The van der Waals surface area contributed by atoms with Gasteiger partial charge in [-0.1, -0.05) is 0 Å². The number of nitro groups is 2. The summed E-state index contributed by atoms with van der Waals surface area (Å²) in [6.45, 7) is 0. The molecule has 5 rings (SSSR count). The van der Waals surface area contributed by atoms with Crippen LogP contribution in [0.4, 0.5) is 11.4 Å². The zero-order valence-corrected chi connectivity index (χ0v) is 12.2. The second-order valence-electron chi connectivity index (χ2n) is 7.45. The topological polar surface area (TPSA) is 86.3 Å². The summed E-state index contributed by atoms with van der Waals surface area (Å²) in [5.41, 5.74) is 0.457. The van der Waals surface area contributed by atoms with Gasteiger partial charge in [0.1, 0.15) is 0 Å². The molecular weight excluding hydrogens is 284 g/mol. The molecule has 0 heterocycles. The lowest BCUT2D eigenvalue weighted by molar-refractivity contribution is -0.394. The van der Waals surface area contributed by atoms with Gasteiger partial charge in [-0.2, -0.15) is 0 Å². The molecule has 116 valence electrons. The third-order valence-corrected chi connectivity index (χ3v) is 5.97. The Kier molecular flexibility index (Phi) is 2.80. The quantitative estimate of drug-likeness (QED) is 0.624. The van der Waals surface area contributed by atoms with E-state index in [-0.39, 0.29) is 16.8 Å². The summed E-state index contributed by atoms with van der Waals surface area (Å²) in [5.74, 6) is 2.10. The molecule has 1 aromatic rings. The van der Waals surface area contributed by atoms with Crippen molar-refractivity contribution in [1.82, 2.24) is 0 Å². The average Bonchev–Trinajstić information content (AvgIpc) is 2.45. The molecule has 4 aliphatic carbocycles. The van der Waals surface area contributed by atoms with Crippen LogP contribution in [0, 0.1) is 38.0 Å². The van der Waals surface area contributed by atoms with Crippen molar-refractivity contribution in [2.24, 2.45) is 17.8 Å². The highest BCUT2D eigenvalue weighted by Crippen LogP contribution is 2.61. The summed E-state index contributed by atoms with van der Waals surface area (Å²) in [7, 11) is 0. The standard InChI is InChI=1S/C16H18N2O4/c19-17(20)14-4-13(5-15(6-14)18(21)22)16-7-10-1-11(8-16)3-12(2-10)9-16/h4-6,10-12H,1-3,7-9H2. The largest absolute Gasteiger partial charge is 0.276 e. The van der Waals surface area contributed by atoms with Crippen LogP contribution in [0.1, 0.15) is 44.1 Å². The van der Waals surface area contributed by atoms with E-state index in [1.165, 1.54) is 19.3 Å². The van der Waals surface area contributed by atoms with Crippen molar-refractivity contribution in [2.75, 3.05) is 0 Å². The van der Waals surface area contributed by atoms with Crippen molar-refractivity contribution in [2.45, 2.75) is 43.9 Å². The molecule has 6 heteroatoms. The fourth-order valence-electron chi connectivity index (χ4n) is 5.58. The van der Waals surface area contributed by atoms with Gasteiger partial charge in [-0.3, -0.25) is 20.2 Å². The zero-order chi connectivity index (χ0) is 15.5. The van der Waals surface area contributed by atoms with Gasteiger partial charge in [-0.05, 0) is 67.3 Å². The second kappa shape index (κ2) is 4.51. The van der Waals surface area contributed by atoms with Crippen molar-refractivity contribution in [1.29, 1.82) is 0 Å². The van der Waals surface area contributed by atoms with Crippen molar-refractivity contribution in [3.05, 3.63) is 44.0 Å². The van der Waals surface area contributed by atoms with Crippen LogP contribution in [-0.2, 0) is 5.41 Å². The van der Waals surface area contributed by atoms with Crippen molar-refractivity contribution >= 4 is 11.4 Å². The van der Waals surface area contributed by atoms with E-state index in [4.69, 9.17) is 0 Å². The van der Waals surface area contributed by atoms with Gasteiger partial charge in [-0.15, -0.1) is 0 Å². The highest BCUT2D eigenvalue weighted by molar-refractivity contribution is 5.49. The van der Waals surface area contributed by atoms with E-state index in [1.54, 1.807) is 12.1 Å². The molecule has 4 aliphatic rings. The molecular formula is C16H18N2O4. The van der Waals surface area contributed by atoms with E-state index >= 15 is 0 Å². The molecule has 1 aromatic carbocycles. The lowest BCUT2D eigenvalue weighted by atomic mass is 9.48. The molecule has 0 N–H and O–H groups in total. The van der Waals surface area contributed by atoms with Crippen molar-refractivity contribution in [3.8, 4) is 0 Å². The van der Waals surface area contributed by atoms with Crippen LogP contribution in [0.5, 0.6) is 0 Å². The smallest absolute Gasteiger partial charge is 0.258 e. The van der Waals surface area contributed by atoms with E-state index in [0.717, 1.165) is 30.9 Å². The number of nitro benzene ring substituents is 2. The molecule has 4 saturated carbocycles. The third kappa shape index (κ3) is 2.01. The fraction of sp³-hybridized carbons (Fsp3) is 0.625. The molecule has 0 saturated heterocycles. The Balaban J connectivity index is 1.81. The molecule has 0 amide bonds. The maximum atomic E-state index is 11.1. The normalized spacial score (nSPS) is 35.5. The predicted octanol–water partition coefficient (Wildman–Crippen LogP) is 3.97. The minimum absolute atomic E-state index is 0.0640. The van der Waals surface area contributed by atoms with Gasteiger partial charge in [0.25, 0.3) is 11.4 Å². The van der Waals surface area contributed by atoms with E-state index in [0.29, 0.717) is 17.8 Å². The Bertz CT molecular complexity index is 603. The molecule has 0 aliphatic heterocycles. The van der Waals surface area contributed by atoms with Crippen LogP contribution >= 0.6 is 0 Å². The number of benzene rings is 1. The maximum Gasteiger partial charge on any atom is 0.276 e. The van der Waals surface area contributed by atoms with Crippen LogP contribution < -0.4 is 0 Å². The molecule has 6 nitrogen and oxygen atoms in total. The zero-order valence-electron chi connectivity index (χ0n) is 12.2. The van der Waals surface area contributed by atoms with Crippen LogP contribution in [-0.4, -0.2) is 9.85 Å². The van der Waals surface area contributed by atoms with E-state index < -0.39 is 9.85 Å². The number of rotatable bonds is 3. The lowest BCUT2D eigenvalue weighted by Gasteiger charge is -2.57. The van der Waals surface area contributed by atoms with E-state index in [9.17, 15) is 20.2 Å². The number of nitrogens with zero attached hydrogens (tertiary/aromatic N) is 2. The third-order valence-electron chi connectivity index (χ3n) is 5.97. The molecule has 0 atom stereocenters. The molecule has 4 bridgehead atoms. The highest BCUT2D eigenvalue weighted by Gasteiger charge is 2.52. The van der Waals surface area contributed by atoms with Crippen molar-refractivity contribution in [3.63, 3.8) is 0 Å². The molecule has 0 spiro atoms. The summed E-state index contributed by atoms with van der Waals surface area (Å²) < 4.78 is 0. The summed E-state index contributed by atoms with van der Waals surface area (Å²) in [4.78, 5) is 21.2. The summed E-state index contributed by atoms with van der Waals surface area (Å²) in [5, 5.41) is 22.3. The van der Waals surface area contributed by atoms with Gasteiger partial charge in [0.05, 0.1) is 15.9 Å². The molecule has 22 heavy (non-hydrogen) atoms. The Morgan fingerprint density at radius 3 is 1.59 bits per heavy atom. The summed E-state index contributed by atoms with van der Waals surface area (Å²) >= 11 is 0. The summed E-state index contributed by atoms with van der Waals surface area (Å²) in [6.07, 6.45) is 6.94. The lowest BCUT2D eigenvalue weighted by Crippen LogP contribution is -2.48. The Morgan fingerprint density at radius 1 is 0.818 bits per heavy atom. The second-order valence-corrected chi connectivity index (χ2v) is 7.45. The molecule has 0 aromatic heterocycles. The molecule has 0 unspecified atom stereocenters. The molecule has 0 radical (unpaired) electrons.